The van der Waals surface area contributed by atoms with E-state index in [9.17, 15) is 0 Å². The van der Waals surface area contributed by atoms with Crippen LogP contribution in [0.5, 0.6) is 0 Å². The number of halogens is 2. The van der Waals surface area contributed by atoms with Crippen molar-refractivity contribution in [1.82, 2.24) is 15.0 Å². The summed E-state index contributed by atoms with van der Waals surface area (Å²) in [5, 5.41) is 3.02. The van der Waals surface area contributed by atoms with E-state index in [0.29, 0.717) is 11.8 Å². The highest BCUT2D eigenvalue weighted by Crippen LogP contribution is 2.17. The van der Waals surface area contributed by atoms with E-state index in [1.54, 1.807) is 0 Å². The van der Waals surface area contributed by atoms with E-state index in [4.69, 9.17) is 17.3 Å². The lowest BCUT2D eigenvalue weighted by atomic mass is 10.3. The average molecular weight is 315 g/mol. The fourth-order valence-electron chi connectivity index (χ4n) is 1.22. The highest BCUT2D eigenvalue weighted by atomic mass is 79.9. The van der Waals surface area contributed by atoms with Crippen LogP contribution in [-0.4, -0.2) is 15.0 Å². The van der Waals surface area contributed by atoms with Gasteiger partial charge in [0.25, 0.3) is 0 Å². The number of rotatable bonds is 3. The van der Waals surface area contributed by atoms with E-state index in [2.05, 4.69) is 36.2 Å². The number of hydrogen-bond donors (Lipinski definition) is 2. The van der Waals surface area contributed by atoms with Gasteiger partial charge in [0.1, 0.15) is 0 Å². The maximum Gasteiger partial charge on any atom is 0.232 e. The van der Waals surface area contributed by atoms with Crippen LogP contribution in [-0.2, 0) is 5.88 Å². The van der Waals surface area contributed by atoms with Crippen molar-refractivity contribution in [2.45, 2.75) is 5.88 Å². The first kappa shape index (κ1) is 12.1. The Kier molecular flexibility index (Phi) is 3.75. The molecule has 0 atom stereocenters. The number of nitrogens with one attached hydrogen (secondary N) is 1. The summed E-state index contributed by atoms with van der Waals surface area (Å²) in [5.74, 6) is 1.17. The minimum Gasteiger partial charge on any atom is -0.368 e. The van der Waals surface area contributed by atoms with E-state index in [0.717, 1.165) is 10.2 Å². The second-order valence-corrected chi connectivity index (χ2v) is 4.38. The molecule has 0 aliphatic carbocycles. The third-order valence-corrected chi connectivity index (χ3v) is 2.69. The van der Waals surface area contributed by atoms with Crippen LogP contribution in [0, 0.1) is 0 Å². The lowest BCUT2D eigenvalue weighted by Gasteiger charge is -2.06. The molecule has 0 aliphatic rings. The van der Waals surface area contributed by atoms with Gasteiger partial charge in [-0.2, -0.15) is 15.0 Å². The van der Waals surface area contributed by atoms with Crippen molar-refractivity contribution in [3.05, 3.63) is 34.6 Å². The smallest absolute Gasteiger partial charge is 0.232 e. The van der Waals surface area contributed by atoms with Gasteiger partial charge in [-0.15, -0.1) is 11.6 Å². The van der Waals surface area contributed by atoms with Gasteiger partial charge >= 0.3 is 0 Å². The molecule has 5 nitrogen and oxygen atoms in total. The lowest BCUT2D eigenvalue weighted by molar-refractivity contribution is 0.979. The van der Waals surface area contributed by atoms with Crippen LogP contribution in [0.25, 0.3) is 0 Å². The molecule has 1 aromatic carbocycles. The zero-order valence-electron chi connectivity index (χ0n) is 8.69. The molecule has 0 saturated carbocycles. The molecule has 0 unspecified atom stereocenters. The molecule has 2 rings (SSSR count). The fraction of sp³-hybridized carbons (Fsp3) is 0.100. The number of anilines is 3. The first-order valence-corrected chi connectivity index (χ1v) is 6.09. The molecule has 0 bridgehead atoms. The van der Waals surface area contributed by atoms with Crippen molar-refractivity contribution in [2.75, 3.05) is 11.1 Å². The van der Waals surface area contributed by atoms with E-state index in [1.165, 1.54) is 0 Å². The zero-order chi connectivity index (χ0) is 12.3. The molecule has 0 fully saturated rings. The number of nitrogens with zero attached hydrogens (tertiary/aromatic N) is 3. The molecule has 0 amide bonds. The van der Waals surface area contributed by atoms with Gasteiger partial charge in [-0.1, -0.05) is 15.9 Å². The van der Waals surface area contributed by atoms with Gasteiger partial charge in [-0.05, 0) is 24.3 Å². The molecule has 0 aliphatic heterocycles. The predicted octanol–water partition coefficient (Wildman–Crippen LogP) is 2.70. The molecule has 0 radical (unpaired) electrons. The third-order valence-electron chi connectivity index (χ3n) is 1.92. The summed E-state index contributed by atoms with van der Waals surface area (Å²) in [4.78, 5) is 12.0. The molecule has 0 saturated heterocycles. The molecule has 2 aromatic rings. The Morgan fingerprint density at radius 1 is 1.18 bits per heavy atom. The maximum absolute atomic E-state index is 5.65. The van der Waals surface area contributed by atoms with Crippen molar-refractivity contribution < 1.29 is 0 Å². The molecule has 1 heterocycles. The monoisotopic (exact) mass is 313 g/mol. The summed E-state index contributed by atoms with van der Waals surface area (Å²) in [7, 11) is 0. The first-order valence-electron chi connectivity index (χ1n) is 4.76. The van der Waals surface area contributed by atoms with E-state index in [-0.39, 0.29) is 11.8 Å². The Morgan fingerprint density at radius 2 is 1.88 bits per heavy atom. The van der Waals surface area contributed by atoms with Crippen LogP contribution < -0.4 is 11.1 Å². The largest absolute Gasteiger partial charge is 0.368 e. The van der Waals surface area contributed by atoms with E-state index >= 15 is 0 Å². The van der Waals surface area contributed by atoms with E-state index in [1.807, 2.05) is 24.3 Å². The summed E-state index contributed by atoms with van der Waals surface area (Å²) in [6.45, 7) is 0. The second-order valence-electron chi connectivity index (χ2n) is 3.20. The molecule has 7 heteroatoms. The van der Waals surface area contributed by atoms with Crippen LogP contribution in [0.2, 0.25) is 0 Å². The SMILES string of the molecule is Nc1nc(CCl)nc(Nc2ccc(Br)cc2)n1. The molecule has 0 spiro atoms. The van der Waals surface area contributed by atoms with Gasteiger partial charge in [0.05, 0.1) is 5.88 Å². The van der Waals surface area contributed by atoms with Crippen LogP contribution in [0.4, 0.5) is 17.6 Å². The van der Waals surface area contributed by atoms with Crippen molar-refractivity contribution in [1.29, 1.82) is 0 Å². The minimum atomic E-state index is 0.148. The van der Waals surface area contributed by atoms with E-state index < -0.39 is 0 Å². The highest BCUT2D eigenvalue weighted by molar-refractivity contribution is 9.10. The molecular weight excluding hydrogens is 306 g/mol. The van der Waals surface area contributed by atoms with Crippen LogP contribution in [0.1, 0.15) is 5.82 Å². The second kappa shape index (κ2) is 5.29. The normalized spacial score (nSPS) is 10.2. The highest BCUT2D eigenvalue weighted by Gasteiger charge is 2.03. The number of aromatic nitrogens is 3. The Balaban J connectivity index is 2.23. The molecular formula is C10H9BrClN5. The molecule has 1 aromatic heterocycles. The Bertz CT molecular complexity index is 517. The standard InChI is InChI=1S/C10H9BrClN5/c11-6-1-3-7(4-2-6)14-10-16-8(5-12)15-9(13)17-10/h1-4H,5H2,(H3,13,14,15,16,17). The van der Waals surface area contributed by atoms with Crippen LogP contribution in [0.15, 0.2) is 28.7 Å². The van der Waals surface area contributed by atoms with Gasteiger partial charge in [0.15, 0.2) is 5.82 Å². The zero-order valence-corrected chi connectivity index (χ0v) is 11.0. The average Bonchev–Trinajstić information content (AvgIpc) is 2.31. The van der Waals surface area contributed by atoms with Crippen LogP contribution in [0.3, 0.4) is 0 Å². The molecule has 88 valence electrons. The Labute approximate surface area is 112 Å². The number of alkyl halides is 1. The van der Waals surface area contributed by atoms with Gasteiger partial charge < -0.3 is 11.1 Å². The van der Waals surface area contributed by atoms with Gasteiger partial charge in [0, 0.05) is 10.2 Å². The van der Waals surface area contributed by atoms with Crippen molar-refractivity contribution >= 4 is 45.1 Å². The minimum absolute atomic E-state index is 0.148. The summed E-state index contributed by atoms with van der Waals surface area (Å²) >= 11 is 9.01. The summed E-state index contributed by atoms with van der Waals surface area (Å²) in [6.07, 6.45) is 0. The number of hydrogen-bond acceptors (Lipinski definition) is 5. The number of benzene rings is 1. The molecule has 17 heavy (non-hydrogen) atoms. The summed E-state index contributed by atoms with van der Waals surface area (Å²) in [5.41, 5.74) is 6.40. The quantitative estimate of drug-likeness (QED) is 0.852. The van der Waals surface area contributed by atoms with Gasteiger partial charge in [-0.25, -0.2) is 0 Å². The number of nitrogen functional groups attached to an aromatic ring is 1. The first-order chi connectivity index (χ1) is 8.17. The van der Waals surface area contributed by atoms with Gasteiger partial charge in [0.2, 0.25) is 11.9 Å². The Hall–Kier alpha value is -1.40. The topological polar surface area (TPSA) is 76.7 Å². The lowest BCUT2D eigenvalue weighted by Crippen LogP contribution is -2.06. The summed E-state index contributed by atoms with van der Waals surface area (Å²) < 4.78 is 1.000. The van der Waals surface area contributed by atoms with Crippen molar-refractivity contribution in [2.24, 2.45) is 0 Å². The van der Waals surface area contributed by atoms with Gasteiger partial charge in [-0.3, -0.25) is 0 Å². The van der Waals surface area contributed by atoms with Crippen molar-refractivity contribution in [3.8, 4) is 0 Å². The fourth-order valence-corrected chi connectivity index (χ4v) is 1.60. The van der Waals surface area contributed by atoms with Crippen molar-refractivity contribution in [3.63, 3.8) is 0 Å². The maximum atomic E-state index is 5.65. The third kappa shape index (κ3) is 3.28. The Morgan fingerprint density at radius 3 is 2.53 bits per heavy atom. The summed E-state index contributed by atoms with van der Waals surface area (Å²) in [6, 6.07) is 7.61. The predicted molar refractivity (Wildman–Crippen MR) is 71.2 cm³/mol. The molecule has 3 N–H and O–H groups in total. The number of nitrogens with two attached hydrogens (primary N) is 1. The van der Waals surface area contributed by atoms with Crippen LogP contribution >= 0.6 is 27.5 Å².